The van der Waals surface area contributed by atoms with Gasteiger partial charge in [-0.15, -0.1) is 0 Å². The molecule has 0 spiro atoms. The molecule has 2 aromatic rings. The monoisotopic (exact) mass is 412 g/mol. The van der Waals surface area contributed by atoms with Gasteiger partial charge in [-0.3, -0.25) is 4.79 Å². The van der Waals surface area contributed by atoms with E-state index in [4.69, 9.17) is 9.39 Å². The van der Waals surface area contributed by atoms with Gasteiger partial charge in [-0.1, -0.05) is 42.7 Å². The van der Waals surface area contributed by atoms with Crippen molar-refractivity contribution in [3.8, 4) is 11.5 Å². The third-order valence-electron chi connectivity index (χ3n) is 5.48. The molecule has 2 aliphatic heterocycles. The Morgan fingerprint density at radius 1 is 1.13 bits per heavy atom. The number of benzene rings is 2. The number of hydrogen-bond donors (Lipinski definition) is 3. The largest absolute Gasteiger partial charge is 0.669 e. The summed E-state index contributed by atoms with van der Waals surface area (Å²) in [7, 11) is 0. The van der Waals surface area contributed by atoms with E-state index in [1.807, 2.05) is 30.3 Å². The van der Waals surface area contributed by atoms with Crippen LogP contribution in [0.5, 0.6) is 11.5 Å². The number of carboxylic acid groups (broad SMARTS) is 1. The summed E-state index contributed by atoms with van der Waals surface area (Å²) in [4.78, 5) is 25.8. The van der Waals surface area contributed by atoms with Gasteiger partial charge in [0.1, 0.15) is 17.4 Å². The minimum Gasteiger partial charge on any atom is -0.669 e. The minimum atomic E-state index is -3.08. The van der Waals surface area contributed by atoms with Crippen LogP contribution in [-0.2, 0) is 17.6 Å². The molecule has 0 unspecified atom stereocenters. The summed E-state index contributed by atoms with van der Waals surface area (Å²) in [5, 5.41) is 29.2. The van der Waals surface area contributed by atoms with E-state index >= 15 is 0 Å². The highest BCUT2D eigenvalue weighted by Gasteiger charge is 2.36. The minimum absolute atomic E-state index is 0.00887. The van der Waals surface area contributed by atoms with E-state index in [2.05, 4.69) is 0 Å². The first kappa shape index (κ1) is 20.2. The Kier molecular flexibility index (Phi) is 5.40. The molecular formula is C21H23BNO7-. The second-order valence-corrected chi connectivity index (χ2v) is 7.77. The molecule has 0 radical (unpaired) electrons. The number of carbonyl (C=O) groups excluding carboxylic acids is 1. The molecule has 9 heteroatoms. The predicted octanol–water partition coefficient (Wildman–Crippen LogP) is 1.47. The van der Waals surface area contributed by atoms with Gasteiger partial charge in [0.05, 0.1) is 18.8 Å². The Hall–Kier alpha value is -3.04. The summed E-state index contributed by atoms with van der Waals surface area (Å²) in [6.45, 7) is -2.34. The zero-order valence-corrected chi connectivity index (χ0v) is 16.4. The van der Waals surface area contributed by atoms with Gasteiger partial charge in [0.15, 0.2) is 0 Å². The molecular weight excluding hydrogens is 389 g/mol. The van der Waals surface area contributed by atoms with E-state index < -0.39 is 12.7 Å². The molecule has 3 N–H and O–H groups in total. The molecule has 1 saturated heterocycles. The van der Waals surface area contributed by atoms with Gasteiger partial charge in [0.25, 0.3) is 0 Å². The Balaban J connectivity index is 1.38. The average molecular weight is 412 g/mol. The SMILES string of the molecule is O=C(O)c1c(OC2CN(C(=O)CCc3ccccc3)C2)ccc2c1O[B-](O)(O)CC2. The van der Waals surface area contributed by atoms with Crippen molar-refractivity contribution in [2.24, 2.45) is 0 Å². The quantitative estimate of drug-likeness (QED) is 0.616. The summed E-state index contributed by atoms with van der Waals surface area (Å²) in [5.41, 5.74) is 1.46. The molecule has 0 aromatic heterocycles. The maximum absolute atomic E-state index is 12.3. The maximum atomic E-state index is 12.3. The van der Waals surface area contributed by atoms with Gasteiger partial charge < -0.3 is 29.4 Å². The van der Waals surface area contributed by atoms with Crippen LogP contribution < -0.4 is 9.39 Å². The highest BCUT2D eigenvalue weighted by Crippen LogP contribution is 2.39. The summed E-state index contributed by atoms with van der Waals surface area (Å²) in [5.74, 6) is -1.22. The fraction of sp³-hybridized carbons (Fsp3) is 0.333. The first-order valence-electron chi connectivity index (χ1n) is 9.99. The number of fused-ring (bicyclic) bond motifs is 1. The summed E-state index contributed by atoms with van der Waals surface area (Å²) in [6, 6.07) is 13.0. The molecule has 30 heavy (non-hydrogen) atoms. The first-order chi connectivity index (χ1) is 14.3. The van der Waals surface area contributed by atoms with Gasteiger partial charge >= 0.3 is 12.7 Å². The van der Waals surface area contributed by atoms with Crippen molar-refractivity contribution in [3.05, 3.63) is 59.2 Å². The molecule has 2 aromatic carbocycles. The topological polar surface area (TPSA) is 117 Å². The number of carboxylic acids is 1. The lowest BCUT2D eigenvalue weighted by atomic mass is 9.70. The van der Waals surface area contributed by atoms with Crippen LogP contribution in [0.15, 0.2) is 42.5 Å². The number of aryl methyl sites for hydroxylation is 2. The van der Waals surface area contributed by atoms with Crippen LogP contribution in [0.3, 0.4) is 0 Å². The Labute approximate surface area is 173 Å². The van der Waals surface area contributed by atoms with Crippen LogP contribution in [0.25, 0.3) is 0 Å². The molecule has 0 saturated carbocycles. The number of hydrogen-bond acceptors (Lipinski definition) is 6. The average Bonchev–Trinajstić information content (AvgIpc) is 2.68. The highest BCUT2D eigenvalue weighted by molar-refractivity contribution is 6.59. The van der Waals surface area contributed by atoms with E-state index in [0.717, 1.165) is 5.56 Å². The van der Waals surface area contributed by atoms with Crippen LogP contribution in [0.2, 0.25) is 6.32 Å². The van der Waals surface area contributed by atoms with Crippen molar-refractivity contribution in [2.75, 3.05) is 13.1 Å². The molecule has 4 rings (SSSR count). The van der Waals surface area contributed by atoms with Gasteiger partial charge in [0.2, 0.25) is 5.91 Å². The van der Waals surface area contributed by atoms with Crippen LogP contribution in [-0.4, -0.2) is 57.9 Å². The number of aromatic carboxylic acids is 1. The van der Waals surface area contributed by atoms with Crippen molar-refractivity contribution in [1.29, 1.82) is 0 Å². The molecule has 2 heterocycles. The van der Waals surface area contributed by atoms with Gasteiger partial charge in [-0.2, -0.15) is 0 Å². The van der Waals surface area contributed by atoms with Crippen LogP contribution in [0, 0.1) is 0 Å². The van der Waals surface area contributed by atoms with Gasteiger partial charge in [-0.05, 0) is 30.0 Å². The molecule has 0 atom stereocenters. The van der Waals surface area contributed by atoms with Crippen LogP contribution >= 0.6 is 0 Å². The molecule has 1 fully saturated rings. The van der Waals surface area contributed by atoms with E-state index in [1.165, 1.54) is 0 Å². The van der Waals surface area contributed by atoms with Gasteiger partial charge in [-0.25, -0.2) is 4.79 Å². The highest BCUT2D eigenvalue weighted by atomic mass is 16.6. The molecule has 158 valence electrons. The third kappa shape index (κ3) is 4.27. The second kappa shape index (κ2) is 8.00. The van der Waals surface area contributed by atoms with Crippen molar-refractivity contribution in [2.45, 2.75) is 31.7 Å². The zero-order valence-electron chi connectivity index (χ0n) is 16.4. The molecule has 0 aliphatic carbocycles. The van der Waals surface area contributed by atoms with Crippen molar-refractivity contribution in [1.82, 2.24) is 4.90 Å². The molecule has 0 bridgehead atoms. The lowest BCUT2D eigenvalue weighted by molar-refractivity contribution is -0.140. The maximum Gasteiger partial charge on any atom is 0.430 e. The molecule has 2 aliphatic rings. The lowest BCUT2D eigenvalue weighted by Gasteiger charge is -2.40. The zero-order chi connectivity index (χ0) is 21.3. The fourth-order valence-corrected chi connectivity index (χ4v) is 3.78. The van der Waals surface area contributed by atoms with E-state index in [-0.39, 0.29) is 35.4 Å². The Morgan fingerprint density at radius 2 is 1.87 bits per heavy atom. The van der Waals surface area contributed by atoms with Crippen molar-refractivity contribution in [3.63, 3.8) is 0 Å². The number of likely N-dealkylation sites (tertiary alicyclic amines) is 1. The Bertz CT molecular complexity index is 957. The normalized spacial score (nSPS) is 17.5. The van der Waals surface area contributed by atoms with Crippen molar-refractivity contribution >= 4 is 18.6 Å². The van der Waals surface area contributed by atoms with E-state index in [1.54, 1.807) is 17.0 Å². The summed E-state index contributed by atoms with van der Waals surface area (Å²) < 4.78 is 11.0. The second-order valence-electron chi connectivity index (χ2n) is 7.77. The van der Waals surface area contributed by atoms with E-state index in [0.29, 0.717) is 37.9 Å². The van der Waals surface area contributed by atoms with Crippen LogP contribution in [0.1, 0.15) is 27.9 Å². The first-order valence-corrected chi connectivity index (χ1v) is 9.99. The van der Waals surface area contributed by atoms with Gasteiger partial charge in [0, 0.05) is 6.42 Å². The predicted molar refractivity (Wildman–Crippen MR) is 108 cm³/mol. The van der Waals surface area contributed by atoms with E-state index in [9.17, 15) is 24.7 Å². The number of ether oxygens (including phenoxy) is 1. The summed E-state index contributed by atoms with van der Waals surface area (Å²) >= 11 is 0. The fourth-order valence-electron chi connectivity index (χ4n) is 3.78. The number of nitrogens with zero attached hydrogens (tertiary/aromatic N) is 1. The number of amides is 1. The molecule has 8 nitrogen and oxygen atoms in total. The lowest BCUT2D eigenvalue weighted by Crippen LogP contribution is -2.56. The standard InChI is InChI=1S/C21H23BNO7/c24-18(9-6-14-4-2-1-3-5-14)23-12-16(13-23)29-17-8-7-15-10-11-22(27,28)30-20(15)19(17)21(25)26/h1-5,7-8,16,27-28H,6,9-13H2,(H,25,26)/q-1. The summed E-state index contributed by atoms with van der Waals surface area (Å²) in [6.07, 6.45) is 1.05. The molecule has 1 amide bonds. The number of rotatable bonds is 6. The van der Waals surface area contributed by atoms with Crippen molar-refractivity contribution < 1.29 is 34.1 Å². The van der Waals surface area contributed by atoms with Crippen LogP contribution in [0.4, 0.5) is 0 Å². The smallest absolute Gasteiger partial charge is 0.430 e. The third-order valence-corrected chi connectivity index (χ3v) is 5.48. The Morgan fingerprint density at radius 3 is 2.57 bits per heavy atom. The number of carbonyl (C=O) groups is 2.